The van der Waals surface area contributed by atoms with Crippen LogP contribution in [0.3, 0.4) is 0 Å². The maximum atomic E-state index is 11.5. The summed E-state index contributed by atoms with van der Waals surface area (Å²) in [5, 5.41) is 0.451. The highest BCUT2D eigenvalue weighted by atomic mass is 35.5. The van der Waals surface area contributed by atoms with E-state index in [1.165, 1.54) is 31.1 Å². The van der Waals surface area contributed by atoms with Crippen molar-refractivity contribution in [3.63, 3.8) is 0 Å². The van der Waals surface area contributed by atoms with Crippen molar-refractivity contribution in [1.82, 2.24) is 9.97 Å². The first-order chi connectivity index (χ1) is 17.4. The number of anilines is 4. The number of piperazine rings is 1. The molecule has 3 saturated heterocycles. The van der Waals surface area contributed by atoms with Gasteiger partial charge in [-0.25, -0.2) is 9.97 Å². The molecule has 1 amide bonds. The van der Waals surface area contributed by atoms with Crippen molar-refractivity contribution in [2.24, 2.45) is 5.73 Å². The molecule has 0 bridgehead atoms. The van der Waals surface area contributed by atoms with E-state index in [2.05, 4.69) is 50.6 Å². The lowest BCUT2D eigenvalue weighted by molar-refractivity contribution is 0.0985. The summed E-state index contributed by atoms with van der Waals surface area (Å²) in [7, 11) is 0. The first kappa shape index (κ1) is 24.9. The van der Waals surface area contributed by atoms with Crippen LogP contribution in [0, 0.1) is 0 Å². The van der Waals surface area contributed by atoms with E-state index < -0.39 is 5.91 Å². The predicted octanol–water partition coefficient (Wildman–Crippen LogP) is 3.16. The van der Waals surface area contributed by atoms with Crippen molar-refractivity contribution >= 4 is 40.6 Å². The van der Waals surface area contributed by atoms with Gasteiger partial charge >= 0.3 is 0 Å². The first-order valence-corrected chi connectivity index (χ1v) is 13.4. The molecule has 9 nitrogen and oxygen atoms in total. The maximum Gasteiger partial charge on any atom is 0.250 e. The molecule has 0 aromatic carbocycles. The van der Waals surface area contributed by atoms with Gasteiger partial charge < -0.3 is 30.1 Å². The molecule has 194 valence electrons. The normalized spacial score (nSPS) is 23.2. The predicted molar refractivity (Wildman–Crippen MR) is 145 cm³/mol. The fraction of sp³-hybridized carbons (Fsp3) is 0.577. The Kier molecular flexibility index (Phi) is 7.39. The molecule has 3 aliphatic heterocycles. The number of hydrogen-bond donors (Lipinski definition) is 1. The van der Waals surface area contributed by atoms with Crippen molar-refractivity contribution in [2.75, 3.05) is 72.1 Å². The minimum Gasteiger partial charge on any atom is -0.377 e. The van der Waals surface area contributed by atoms with Gasteiger partial charge in [-0.1, -0.05) is 11.6 Å². The highest BCUT2D eigenvalue weighted by molar-refractivity contribution is 6.33. The Bertz CT molecular complexity index is 1090. The van der Waals surface area contributed by atoms with E-state index >= 15 is 0 Å². The van der Waals surface area contributed by atoms with Crippen LogP contribution < -0.4 is 25.3 Å². The monoisotopic (exact) mass is 513 g/mol. The average Bonchev–Trinajstić information content (AvgIpc) is 2.89. The lowest BCUT2D eigenvalue weighted by Crippen LogP contribution is -2.52. The topological polar surface area (TPSA) is 91.1 Å². The van der Waals surface area contributed by atoms with Crippen molar-refractivity contribution in [3.8, 4) is 0 Å². The van der Waals surface area contributed by atoms with Crippen LogP contribution in [0.5, 0.6) is 0 Å². The summed E-state index contributed by atoms with van der Waals surface area (Å²) in [4.78, 5) is 30.5. The Morgan fingerprint density at radius 2 is 1.75 bits per heavy atom. The van der Waals surface area contributed by atoms with Crippen molar-refractivity contribution < 1.29 is 9.53 Å². The molecule has 1 unspecified atom stereocenters. The SMILES string of the molecule is CC1CN(c2ncc(C(N)=O)cc2Cl)CCN1c1cc(N2CCCCC2)nc(N2CCOC[C@@H]2C)c1. The van der Waals surface area contributed by atoms with Gasteiger partial charge in [0.1, 0.15) is 17.5 Å². The van der Waals surface area contributed by atoms with Crippen LogP contribution in [0.2, 0.25) is 5.02 Å². The van der Waals surface area contributed by atoms with Gasteiger partial charge in [0.05, 0.1) is 29.8 Å². The lowest BCUT2D eigenvalue weighted by atomic mass is 10.1. The zero-order chi connectivity index (χ0) is 25.2. The molecule has 0 aliphatic carbocycles. The molecule has 3 fully saturated rings. The molecule has 5 heterocycles. The van der Waals surface area contributed by atoms with E-state index in [9.17, 15) is 4.79 Å². The summed E-state index contributed by atoms with van der Waals surface area (Å²) in [5.74, 6) is 2.27. The average molecular weight is 514 g/mol. The first-order valence-electron chi connectivity index (χ1n) is 13.0. The molecule has 5 rings (SSSR count). The second-order valence-corrected chi connectivity index (χ2v) is 10.5. The standard InChI is InChI=1S/C26H36ClN7O2/c1-18-16-32(26-22(27)12-20(15-29-26)25(28)35)8-9-33(18)21-13-23(31-6-4-3-5-7-31)30-24(14-21)34-10-11-36-17-19(34)2/h12-15,18-19H,3-11,16-17H2,1-2H3,(H2,28,35)/t18?,19-/m0/s1. The minimum absolute atomic E-state index is 0.235. The Hall–Kier alpha value is -2.78. The van der Waals surface area contributed by atoms with Gasteiger partial charge in [-0.3, -0.25) is 4.79 Å². The van der Waals surface area contributed by atoms with Crippen LogP contribution in [0.1, 0.15) is 43.5 Å². The number of pyridine rings is 2. The summed E-state index contributed by atoms with van der Waals surface area (Å²) in [5.41, 5.74) is 6.90. The number of aromatic nitrogens is 2. The van der Waals surface area contributed by atoms with Gasteiger partial charge in [-0.05, 0) is 39.2 Å². The number of hydrogen-bond acceptors (Lipinski definition) is 8. The molecule has 10 heteroatoms. The van der Waals surface area contributed by atoms with Gasteiger partial charge in [0.15, 0.2) is 0 Å². The number of carbonyl (C=O) groups is 1. The van der Waals surface area contributed by atoms with Gasteiger partial charge in [-0.15, -0.1) is 0 Å². The Morgan fingerprint density at radius 1 is 0.972 bits per heavy atom. The number of nitrogens with zero attached hydrogens (tertiary/aromatic N) is 6. The Morgan fingerprint density at radius 3 is 2.44 bits per heavy atom. The largest absolute Gasteiger partial charge is 0.377 e. The van der Waals surface area contributed by atoms with Crippen molar-refractivity contribution in [2.45, 2.75) is 45.2 Å². The molecular formula is C26H36ClN7O2. The van der Waals surface area contributed by atoms with Crippen LogP contribution in [0.15, 0.2) is 24.4 Å². The summed E-state index contributed by atoms with van der Waals surface area (Å²) in [6.07, 6.45) is 5.23. The van der Waals surface area contributed by atoms with E-state index in [0.29, 0.717) is 22.4 Å². The van der Waals surface area contributed by atoms with E-state index in [1.807, 2.05) is 0 Å². The van der Waals surface area contributed by atoms with Crippen LogP contribution in [-0.4, -0.2) is 80.4 Å². The fourth-order valence-electron chi connectivity index (χ4n) is 5.49. The van der Waals surface area contributed by atoms with E-state index in [1.54, 1.807) is 6.07 Å². The third-order valence-electron chi connectivity index (χ3n) is 7.49. The number of halogens is 1. The molecule has 3 aliphatic rings. The second-order valence-electron chi connectivity index (χ2n) is 10.1. The number of amides is 1. The minimum atomic E-state index is -0.526. The fourth-order valence-corrected chi connectivity index (χ4v) is 5.77. The molecule has 2 N–H and O–H groups in total. The number of rotatable bonds is 5. The number of ether oxygens (including phenoxy) is 1. The van der Waals surface area contributed by atoms with Gasteiger partial charge in [0, 0.05) is 69.3 Å². The van der Waals surface area contributed by atoms with Gasteiger partial charge in [-0.2, -0.15) is 0 Å². The third-order valence-corrected chi connectivity index (χ3v) is 7.77. The van der Waals surface area contributed by atoms with Gasteiger partial charge in [0.2, 0.25) is 5.91 Å². The molecule has 0 radical (unpaired) electrons. The van der Waals surface area contributed by atoms with Crippen LogP contribution in [-0.2, 0) is 4.74 Å². The van der Waals surface area contributed by atoms with Crippen molar-refractivity contribution in [1.29, 1.82) is 0 Å². The zero-order valence-corrected chi connectivity index (χ0v) is 22.0. The van der Waals surface area contributed by atoms with Crippen LogP contribution in [0.4, 0.5) is 23.1 Å². The molecule has 0 spiro atoms. The van der Waals surface area contributed by atoms with Gasteiger partial charge in [0.25, 0.3) is 0 Å². The summed E-state index contributed by atoms with van der Waals surface area (Å²) >= 11 is 6.48. The van der Waals surface area contributed by atoms with Crippen molar-refractivity contribution in [3.05, 3.63) is 35.0 Å². The molecular weight excluding hydrogens is 478 g/mol. The van der Waals surface area contributed by atoms with Crippen LogP contribution >= 0.6 is 11.6 Å². The zero-order valence-electron chi connectivity index (χ0n) is 21.2. The highest BCUT2D eigenvalue weighted by Crippen LogP contribution is 2.33. The molecule has 2 aromatic heterocycles. The molecule has 36 heavy (non-hydrogen) atoms. The van der Waals surface area contributed by atoms with E-state index in [4.69, 9.17) is 27.1 Å². The third kappa shape index (κ3) is 5.18. The van der Waals surface area contributed by atoms with E-state index in [-0.39, 0.29) is 6.04 Å². The maximum absolute atomic E-state index is 11.5. The number of primary amides is 1. The Balaban J connectivity index is 1.40. The van der Waals surface area contributed by atoms with E-state index in [0.717, 1.165) is 64.1 Å². The highest BCUT2D eigenvalue weighted by Gasteiger charge is 2.29. The summed E-state index contributed by atoms with van der Waals surface area (Å²) in [6.45, 7) is 11.2. The number of carbonyl (C=O) groups excluding carboxylic acids is 1. The summed E-state index contributed by atoms with van der Waals surface area (Å²) < 4.78 is 5.69. The van der Waals surface area contributed by atoms with Crippen LogP contribution in [0.25, 0.3) is 0 Å². The second kappa shape index (κ2) is 10.7. The molecule has 0 saturated carbocycles. The summed E-state index contributed by atoms with van der Waals surface area (Å²) in [6, 6.07) is 6.64. The smallest absolute Gasteiger partial charge is 0.250 e. The number of morpholine rings is 1. The lowest BCUT2D eigenvalue weighted by Gasteiger charge is -2.43. The molecule has 2 aromatic rings. The number of piperidine rings is 1. The Labute approximate surface area is 218 Å². The number of nitrogens with two attached hydrogens (primary N) is 1. The molecule has 2 atom stereocenters. The quantitative estimate of drug-likeness (QED) is 0.652.